The van der Waals surface area contributed by atoms with Crippen molar-refractivity contribution in [2.75, 3.05) is 13.2 Å². The number of carbonyl (C=O) groups excluding carboxylic acids is 1. The zero-order valence-electron chi connectivity index (χ0n) is 23.1. The van der Waals surface area contributed by atoms with Gasteiger partial charge >= 0.3 is 5.97 Å². The Morgan fingerprint density at radius 2 is 1.53 bits per heavy atom. The van der Waals surface area contributed by atoms with E-state index in [-0.39, 0.29) is 29.3 Å². The van der Waals surface area contributed by atoms with Gasteiger partial charge in [-0.05, 0) is 48.8 Å². The van der Waals surface area contributed by atoms with Crippen LogP contribution in [0.5, 0.6) is 0 Å². The molecule has 0 radical (unpaired) electrons. The number of hydrogen-bond donors (Lipinski definition) is 1. The second kappa shape index (κ2) is 9.29. The van der Waals surface area contributed by atoms with E-state index in [0.717, 1.165) is 0 Å². The van der Waals surface area contributed by atoms with Crippen LogP contribution in [0.3, 0.4) is 0 Å². The molecule has 0 aromatic rings. The maximum absolute atomic E-state index is 13.1. The molecule has 5 nitrogen and oxygen atoms in total. The van der Waals surface area contributed by atoms with E-state index in [1.807, 2.05) is 13.8 Å². The first-order valence-corrected chi connectivity index (χ1v) is 17.8. The monoisotopic (exact) mass is 486 g/mol. The molecular formula is C25H50O5Si2. The van der Waals surface area contributed by atoms with Crippen molar-refractivity contribution in [1.82, 2.24) is 0 Å². The minimum Gasteiger partial charge on any atom is -0.466 e. The van der Waals surface area contributed by atoms with Gasteiger partial charge in [-0.2, -0.15) is 0 Å². The average molecular weight is 487 g/mol. The molecule has 188 valence electrons. The van der Waals surface area contributed by atoms with Gasteiger partial charge in [0.2, 0.25) is 0 Å². The SMILES string of the molecule is C=C1[C@@H](C(=O)OCC)C(C)(C)[C@](O)(CO[Si](C)(C)C(C)(C)C)C[C@@H]1O[Si](C)(C)C(C)(C)C. The molecule has 1 N–H and O–H groups in total. The molecule has 0 aromatic carbocycles. The quantitative estimate of drug-likeness (QED) is 0.260. The summed E-state index contributed by atoms with van der Waals surface area (Å²) in [6.45, 7) is 32.2. The summed E-state index contributed by atoms with van der Waals surface area (Å²) in [5.74, 6) is -1.02. The lowest BCUT2D eigenvalue weighted by atomic mass is 9.57. The summed E-state index contributed by atoms with van der Waals surface area (Å²) in [5.41, 5.74) is -1.37. The number of aliphatic hydroxyl groups is 1. The molecule has 1 aliphatic rings. The third-order valence-corrected chi connectivity index (χ3v) is 17.4. The fraction of sp³-hybridized carbons (Fsp3) is 0.880. The van der Waals surface area contributed by atoms with Gasteiger partial charge in [0.25, 0.3) is 0 Å². The molecule has 1 saturated carbocycles. The van der Waals surface area contributed by atoms with Gasteiger partial charge in [0.1, 0.15) is 0 Å². The molecule has 0 saturated heterocycles. The number of rotatable bonds is 7. The maximum atomic E-state index is 13.1. The number of esters is 1. The lowest BCUT2D eigenvalue weighted by Gasteiger charge is -2.55. The van der Waals surface area contributed by atoms with Crippen molar-refractivity contribution in [2.24, 2.45) is 11.3 Å². The van der Waals surface area contributed by atoms with Crippen molar-refractivity contribution < 1.29 is 23.5 Å². The van der Waals surface area contributed by atoms with Crippen LogP contribution in [0.4, 0.5) is 0 Å². The molecule has 0 unspecified atom stereocenters. The van der Waals surface area contributed by atoms with E-state index in [1.54, 1.807) is 6.92 Å². The standard InChI is InChI=1S/C25H50O5Si2/c1-15-28-21(26)20-18(2)19(30-32(13,14)23(6,7)8)16-25(27,24(20,9)10)17-29-31(11,12)22(3,4)5/h19-20,27H,2,15-17H2,1,3-14H3/t19-,20-,25+/m0/s1. The maximum Gasteiger partial charge on any atom is 0.313 e. The summed E-state index contributed by atoms with van der Waals surface area (Å²) in [6.07, 6.45) is -0.0677. The lowest BCUT2D eigenvalue weighted by Crippen LogP contribution is -2.63. The molecular weight excluding hydrogens is 436 g/mol. The van der Waals surface area contributed by atoms with Crippen molar-refractivity contribution in [1.29, 1.82) is 0 Å². The molecule has 0 spiro atoms. The highest BCUT2D eigenvalue weighted by molar-refractivity contribution is 6.74. The van der Waals surface area contributed by atoms with Crippen LogP contribution in [-0.2, 0) is 18.4 Å². The van der Waals surface area contributed by atoms with Gasteiger partial charge in [0.15, 0.2) is 16.6 Å². The normalized spacial score (nSPS) is 27.4. The average Bonchev–Trinajstić information content (AvgIpc) is 2.56. The highest BCUT2D eigenvalue weighted by Crippen LogP contribution is 2.53. The lowest BCUT2D eigenvalue weighted by molar-refractivity contribution is -0.180. The van der Waals surface area contributed by atoms with Crippen LogP contribution in [-0.4, -0.2) is 52.6 Å². The Bertz CT molecular complexity index is 700. The number of ether oxygens (including phenoxy) is 1. The van der Waals surface area contributed by atoms with Gasteiger partial charge in [-0.15, -0.1) is 0 Å². The van der Waals surface area contributed by atoms with Crippen molar-refractivity contribution in [3.63, 3.8) is 0 Å². The summed E-state index contributed by atoms with van der Waals surface area (Å²) in [5, 5.41) is 12.1. The van der Waals surface area contributed by atoms with E-state index in [0.29, 0.717) is 12.0 Å². The summed E-state index contributed by atoms with van der Waals surface area (Å²) < 4.78 is 18.7. The van der Waals surface area contributed by atoms with Gasteiger partial charge in [-0.25, -0.2) is 0 Å². The summed E-state index contributed by atoms with van der Waals surface area (Å²) in [7, 11) is -4.28. The highest BCUT2D eigenvalue weighted by Gasteiger charge is 2.60. The molecule has 0 bridgehead atoms. The summed E-state index contributed by atoms with van der Waals surface area (Å²) >= 11 is 0. The van der Waals surface area contributed by atoms with Crippen molar-refractivity contribution in [2.45, 2.75) is 117 Å². The van der Waals surface area contributed by atoms with Crippen LogP contribution < -0.4 is 0 Å². The van der Waals surface area contributed by atoms with Crippen LogP contribution in [0.15, 0.2) is 12.2 Å². The zero-order valence-corrected chi connectivity index (χ0v) is 25.1. The first kappa shape index (κ1) is 29.6. The van der Waals surface area contributed by atoms with E-state index in [1.165, 1.54) is 0 Å². The second-order valence-electron chi connectivity index (χ2n) is 13.1. The smallest absolute Gasteiger partial charge is 0.313 e. The third-order valence-electron chi connectivity index (χ3n) is 8.47. The van der Waals surface area contributed by atoms with E-state index in [9.17, 15) is 9.90 Å². The Morgan fingerprint density at radius 1 is 1.06 bits per heavy atom. The largest absolute Gasteiger partial charge is 0.466 e. The van der Waals surface area contributed by atoms with E-state index >= 15 is 0 Å². The Balaban J connectivity index is 3.44. The molecule has 0 heterocycles. The predicted molar refractivity (Wildman–Crippen MR) is 138 cm³/mol. The minimum absolute atomic E-state index is 0.00454. The Morgan fingerprint density at radius 3 is 1.94 bits per heavy atom. The van der Waals surface area contributed by atoms with E-state index in [2.05, 4.69) is 74.3 Å². The third kappa shape index (κ3) is 5.77. The van der Waals surface area contributed by atoms with Crippen molar-refractivity contribution >= 4 is 22.6 Å². The van der Waals surface area contributed by atoms with Gasteiger partial charge in [-0.1, -0.05) is 62.0 Å². The fourth-order valence-electron chi connectivity index (χ4n) is 3.70. The molecule has 1 rings (SSSR count). The van der Waals surface area contributed by atoms with Gasteiger partial charge in [0, 0.05) is 11.8 Å². The Labute approximate surface area is 199 Å². The van der Waals surface area contributed by atoms with Gasteiger partial charge in [0.05, 0.1) is 30.8 Å². The molecule has 1 fully saturated rings. The second-order valence-corrected chi connectivity index (χ2v) is 22.7. The van der Waals surface area contributed by atoms with Crippen LogP contribution >= 0.6 is 0 Å². The predicted octanol–water partition coefficient (Wildman–Crippen LogP) is 6.30. The topological polar surface area (TPSA) is 65.0 Å². The Hall–Kier alpha value is -0.476. The highest BCUT2D eigenvalue weighted by atomic mass is 28.4. The van der Waals surface area contributed by atoms with Crippen LogP contribution in [0.1, 0.15) is 68.7 Å². The molecule has 1 aliphatic carbocycles. The number of hydrogen-bond acceptors (Lipinski definition) is 5. The first-order chi connectivity index (χ1) is 14.0. The molecule has 3 atom stereocenters. The van der Waals surface area contributed by atoms with E-state index in [4.69, 9.17) is 13.6 Å². The Kier molecular flexibility index (Phi) is 8.58. The summed E-state index contributed by atoms with van der Waals surface area (Å²) in [6, 6.07) is 0. The van der Waals surface area contributed by atoms with Gasteiger partial charge < -0.3 is 18.7 Å². The molecule has 7 heteroatoms. The fourth-order valence-corrected chi connectivity index (χ4v) is 6.03. The van der Waals surface area contributed by atoms with Crippen LogP contribution in [0.2, 0.25) is 36.3 Å². The van der Waals surface area contributed by atoms with Gasteiger partial charge in [-0.3, -0.25) is 4.79 Å². The summed E-state index contributed by atoms with van der Waals surface area (Å²) in [4.78, 5) is 13.1. The molecule has 0 aliphatic heterocycles. The zero-order chi connectivity index (χ0) is 25.6. The van der Waals surface area contributed by atoms with Crippen LogP contribution in [0.25, 0.3) is 0 Å². The minimum atomic E-state index is -2.17. The first-order valence-electron chi connectivity index (χ1n) is 11.9. The molecule has 0 amide bonds. The van der Waals surface area contributed by atoms with Crippen LogP contribution in [0, 0.1) is 11.3 Å². The van der Waals surface area contributed by atoms with Crippen molar-refractivity contribution in [3.05, 3.63) is 12.2 Å². The van der Waals surface area contributed by atoms with E-state index < -0.39 is 39.7 Å². The molecule has 32 heavy (non-hydrogen) atoms. The number of carbonyl (C=O) groups is 1. The molecule has 0 aromatic heterocycles. The van der Waals surface area contributed by atoms with Crippen molar-refractivity contribution in [3.8, 4) is 0 Å².